The average molecular weight is 291 g/mol. The Morgan fingerprint density at radius 2 is 2.39 bits per heavy atom. The van der Waals surface area contributed by atoms with Crippen molar-refractivity contribution in [2.45, 2.75) is 19.5 Å². The largest absolute Gasteiger partial charge is 0.382 e. The smallest absolute Gasteiger partial charge is 0.208 e. The molecule has 102 valence electrons. The lowest BCUT2D eigenvalue weighted by Gasteiger charge is -2.21. The van der Waals surface area contributed by atoms with Crippen LogP contribution in [0.5, 0.6) is 0 Å². The van der Waals surface area contributed by atoms with Gasteiger partial charge in [-0.3, -0.25) is 5.43 Å². The summed E-state index contributed by atoms with van der Waals surface area (Å²) in [6.07, 6.45) is 0. The van der Waals surface area contributed by atoms with E-state index in [0.717, 1.165) is 9.21 Å². The molecule has 0 fully saturated rings. The highest BCUT2D eigenvalue weighted by molar-refractivity contribution is 7.16. The van der Waals surface area contributed by atoms with E-state index < -0.39 is 0 Å². The lowest BCUT2D eigenvalue weighted by Crippen LogP contribution is -2.43. The lowest BCUT2D eigenvalue weighted by atomic mass is 10.4. The van der Waals surface area contributed by atoms with Gasteiger partial charge in [0.2, 0.25) is 5.96 Å². The van der Waals surface area contributed by atoms with E-state index in [1.54, 1.807) is 18.4 Å². The third-order valence-electron chi connectivity index (χ3n) is 2.26. The number of nitrogens with one attached hydrogen (secondary N) is 1. The van der Waals surface area contributed by atoms with Crippen LogP contribution in [0.4, 0.5) is 0 Å². The van der Waals surface area contributed by atoms with Crippen molar-refractivity contribution in [1.29, 1.82) is 0 Å². The molecule has 18 heavy (non-hydrogen) atoms. The van der Waals surface area contributed by atoms with Gasteiger partial charge in [0.25, 0.3) is 0 Å². The Bertz CT molecular complexity index is 396. The molecule has 0 radical (unpaired) electrons. The van der Waals surface area contributed by atoms with E-state index in [-0.39, 0.29) is 6.04 Å². The maximum Gasteiger partial charge on any atom is 0.208 e. The molecule has 1 unspecified atom stereocenters. The summed E-state index contributed by atoms with van der Waals surface area (Å²) in [7, 11) is 3.57. The van der Waals surface area contributed by atoms with Crippen molar-refractivity contribution in [3.05, 3.63) is 21.3 Å². The summed E-state index contributed by atoms with van der Waals surface area (Å²) in [5, 5.41) is 0. The fourth-order valence-corrected chi connectivity index (χ4v) is 2.62. The van der Waals surface area contributed by atoms with Crippen molar-refractivity contribution in [2.75, 3.05) is 20.8 Å². The minimum absolute atomic E-state index is 0.0513. The first-order valence-electron chi connectivity index (χ1n) is 5.55. The molecule has 0 aliphatic rings. The van der Waals surface area contributed by atoms with Crippen molar-refractivity contribution < 1.29 is 4.74 Å². The zero-order valence-corrected chi connectivity index (χ0v) is 12.4. The average Bonchev–Trinajstić information content (AvgIpc) is 2.72. The van der Waals surface area contributed by atoms with Gasteiger partial charge in [-0.15, -0.1) is 11.3 Å². The van der Waals surface area contributed by atoms with Gasteiger partial charge in [-0.2, -0.15) is 0 Å². The van der Waals surface area contributed by atoms with Crippen LogP contribution in [0.3, 0.4) is 0 Å². The second-order valence-corrected chi connectivity index (χ2v) is 5.76. The SMILES string of the molecule is COCC(C)N=C(NN)N(C)Cc1ccc(Cl)s1. The first-order valence-corrected chi connectivity index (χ1v) is 6.75. The van der Waals surface area contributed by atoms with Crippen molar-refractivity contribution in [2.24, 2.45) is 10.8 Å². The molecule has 0 saturated carbocycles. The number of hydrazine groups is 1. The summed E-state index contributed by atoms with van der Waals surface area (Å²) in [6, 6.07) is 3.93. The van der Waals surface area contributed by atoms with Gasteiger partial charge in [-0.25, -0.2) is 10.8 Å². The molecule has 7 heteroatoms. The first kappa shape index (κ1) is 15.2. The van der Waals surface area contributed by atoms with Crippen LogP contribution in [0.1, 0.15) is 11.8 Å². The molecule has 0 aliphatic heterocycles. The van der Waals surface area contributed by atoms with Crippen LogP contribution in [0.25, 0.3) is 0 Å². The minimum atomic E-state index is 0.0513. The molecule has 1 heterocycles. The quantitative estimate of drug-likeness (QED) is 0.375. The normalized spacial score (nSPS) is 13.5. The summed E-state index contributed by atoms with van der Waals surface area (Å²) in [4.78, 5) is 7.54. The van der Waals surface area contributed by atoms with E-state index in [4.69, 9.17) is 22.2 Å². The molecular formula is C11H19ClN4OS. The fourth-order valence-electron chi connectivity index (χ4n) is 1.48. The van der Waals surface area contributed by atoms with Gasteiger partial charge in [0.15, 0.2) is 0 Å². The van der Waals surface area contributed by atoms with Crippen LogP contribution in [0, 0.1) is 0 Å². The number of hydrogen-bond donors (Lipinski definition) is 2. The topological polar surface area (TPSA) is 62.9 Å². The highest BCUT2D eigenvalue weighted by atomic mass is 35.5. The van der Waals surface area contributed by atoms with E-state index >= 15 is 0 Å². The number of guanidine groups is 1. The second-order valence-electron chi connectivity index (χ2n) is 3.96. The molecule has 0 amide bonds. The lowest BCUT2D eigenvalue weighted by molar-refractivity contribution is 0.185. The molecule has 1 rings (SSSR count). The molecule has 0 spiro atoms. The molecule has 1 atom stereocenters. The number of nitrogens with two attached hydrogens (primary N) is 1. The van der Waals surface area contributed by atoms with Crippen LogP contribution < -0.4 is 11.3 Å². The van der Waals surface area contributed by atoms with Crippen LogP contribution in [-0.4, -0.2) is 37.7 Å². The van der Waals surface area contributed by atoms with Gasteiger partial charge in [-0.1, -0.05) is 11.6 Å². The number of hydrogen-bond acceptors (Lipinski definition) is 4. The molecule has 0 bridgehead atoms. The minimum Gasteiger partial charge on any atom is -0.382 e. The highest BCUT2D eigenvalue weighted by Crippen LogP contribution is 2.22. The van der Waals surface area contributed by atoms with Crippen LogP contribution in [0.15, 0.2) is 17.1 Å². The van der Waals surface area contributed by atoms with Crippen LogP contribution in [0.2, 0.25) is 4.34 Å². The highest BCUT2D eigenvalue weighted by Gasteiger charge is 2.09. The molecule has 0 aliphatic carbocycles. The number of aliphatic imine (C=N–C) groups is 1. The molecule has 5 nitrogen and oxygen atoms in total. The second kappa shape index (κ2) is 7.58. The Kier molecular flexibility index (Phi) is 6.42. The number of nitrogens with zero attached hydrogens (tertiary/aromatic N) is 2. The third-order valence-corrected chi connectivity index (χ3v) is 3.48. The van der Waals surface area contributed by atoms with Crippen molar-refractivity contribution in [1.82, 2.24) is 10.3 Å². The van der Waals surface area contributed by atoms with Gasteiger partial charge in [0.1, 0.15) is 0 Å². The van der Waals surface area contributed by atoms with Gasteiger partial charge in [0.05, 0.1) is 23.5 Å². The summed E-state index contributed by atoms with van der Waals surface area (Å²) >= 11 is 7.44. The Hall–Kier alpha value is -0.820. The predicted molar refractivity (Wildman–Crippen MR) is 76.9 cm³/mol. The van der Waals surface area contributed by atoms with E-state index in [2.05, 4.69) is 10.4 Å². The molecule has 3 N–H and O–H groups in total. The maximum absolute atomic E-state index is 5.90. The van der Waals surface area contributed by atoms with Crippen molar-refractivity contribution in [3.8, 4) is 0 Å². The van der Waals surface area contributed by atoms with Gasteiger partial charge in [0, 0.05) is 19.0 Å². The number of ether oxygens (including phenoxy) is 1. The zero-order valence-electron chi connectivity index (χ0n) is 10.8. The summed E-state index contributed by atoms with van der Waals surface area (Å²) < 4.78 is 5.82. The number of halogens is 1. The Balaban J connectivity index is 2.64. The third kappa shape index (κ3) is 4.81. The molecule has 1 aromatic rings. The number of rotatable bonds is 5. The molecule has 1 aromatic heterocycles. The predicted octanol–water partition coefficient (Wildman–Crippen LogP) is 1.69. The van der Waals surface area contributed by atoms with Crippen LogP contribution >= 0.6 is 22.9 Å². The number of methoxy groups -OCH3 is 1. The van der Waals surface area contributed by atoms with Crippen molar-refractivity contribution >= 4 is 28.9 Å². The van der Waals surface area contributed by atoms with E-state index in [9.17, 15) is 0 Å². The summed E-state index contributed by atoms with van der Waals surface area (Å²) in [5.41, 5.74) is 2.61. The van der Waals surface area contributed by atoms with E-state index in [0.29, 0.717) is 19.1 Å². The van der Waals surface area contributed by atoms with E-state index in [1.165, 1.54) is 0 Å². The standard InChI is InChI=1S/C11H19ClN4OS/c1-8(7-17-3)14-11(15-13)16(2)6-9-4-5-10(12)18-9/h4-5,8H,6-7,13H2,1-3H3,(H,14,15). The summed E-state index contributed by atoms with van der Waals surface area (Å²) in [5.74, 6) is 6.12. The Morgan fingerprint density at radius 3 is 2.89 bits per heavy atom. The Morgan fingerprint density at radius 1 is 1.67 bits per heavy atom. The van der Waals surface area contributed by atoms with Gasteiger partial charge in [-0.05, 0) is 19.1 Å². The molecule has 0 aromatic carbocycles. The van der Waals surface area contributed by atoms with E-state index in [1.807, 2.05) is 31.0 Å². The van der Waals surface area contributed by atoms with Gasteiger partial charge >= 0.3 is 0 Å². The monoisotopic (exact) mass is 290 g/mol. The molecular weight excluding hydrogens is 272 g/mol. The molecule has 0 saturated heterocycles. The van der Waals surface area contributed by atoms with Crippen molar-refractivity contribution in [3.63, 3.8) is 0 Å². The summed E-state index contributed by atoms with van der Waals surface area (Å²) in [6.45, 7) is 3.24. The number of thiophene rings is 1. The maximum atomic E-state index is 5.90. The van der Waals surface area contributed by atoms with Crippen LogP contribution in [-0.2, 0) is 11.3 Å². The first-order chi connectivity index (χ1) is 8.56. The zero-order chi connectivity index (χ0) is 13.5. The van der Waals surface area contributed by atoms with Gasteiger partial charge < -0.3 is 9.64 Å². The fraction of sp³-hybridized carbons (Fsp3) is 0.545. The Labute approximate surface area is 117 Å².